The lowest BCUT2D eigenvalue weighted by molar-refractivity contribution is -0.143. The van der Waals surface area contributed by atoms with Crippen LogP contribution in [0.25, 0.3) is 0 Å². The van der Waals surface area contributed by atoms with Crippen LogP contribution in [0.15, 0.2) is 140 Å². The molecule has 5 aromatic carbocycles. The first-order valence-electron chi connectivity index (χ1n) is 36.3. The number of nitrogens with one attached hydrogen (secondary N) is 3. The molecule has 44 heteroatoms. The molecule has 39 nitrogen and oxygen atoms in total. The number of alkyl carbamates (subject to hydrolysis) is 3. The fourth-order valence-electron chi connectivity index (χ4n) is 9.44. The molecule has 3 amide bonds. The van der Waals surface area contributed by atoms with Gasteiger partial charge < -0.3 is 105 Å². The molecule has 0 saturated heterocycles. The first kappa shape index (κ1) is 109. The van der Waals surface area contributed by atoms with Gasteiger partial charge in [-0.15, -0.1) is 0 Å². The Kier molecular flexibility index (Phi) is 54.5. The highest BCUT2D eigenvalue weighted by Gasteiger charge is 2.31. The van der Waals surface area contributed by atoms with Crippen LogP contribution in [-0.4, -0.2) is 226 Å². The van der Waals surface area contributed by atoms with Gasteiger partial charge in [0.1, 0.15) is 50.0 Å². The van der Waals surface area contributed by atoms with E-state index in [2.05, 4.69) is 39.6 Å². The minimum atomic E-state index is -3.74. The van der Waals surface area contributed by atoms with Crippen molar-refractivity contribution in [1.29, 1.82) is 0 Å². The van der Waals surface area contributed by atoms with Gasteiger partial charge in [0.05, 0.1) is 46.7 Å². The lowest BCUT2D eigenvalue weighted by Crippen LogP contribution is -2.42. The highest BCUT2D eigenvalue weighted by Crippen LogP contribution is 2.47. The Hall–Kier alpha value is -10.1. The molecule has 10 atom stereocenters. The summed E-state index contributed by atoms with van der Waals surface area (Å²) in [5.41, 5.74) is 14.0. The van der Waals surface area contributed by atoms with Crippen LogP contribution in [0.1, 0.15) is 120 Å². The van der Waals surface area contributed by atoms with E-state index < -0.39 is 140 Å². The van der Waals surface area contributed by atoms with E-state index in [1.54, 1.807) is 78.9 Å². The van der Waals surface area contributed by atoms with Crippen LogP contribution < -0.4 is 27.4 Å². The van der Waals surface area contributed by atoms with E-state index in [9.17, 15) is 99.9 Å². The summed E-state index contributed by atoms with van der Waals surface area (Å²) >= 11 is 0. The van der Waals surface area contributed by atoms with Crippen molar-refractivity contribution in [3.63, 3.8) is 0 Å². The second-order valence-electron chi connectivity index (χ2n) is 25.2. The summed E-state index contributed by atoms with van der Waals surface area (Å²) in [7, 11) is -10.8. The van der Waals surface area contributed by atoms with Crippen molar-refractivity contribution >= 4 is 110 Å². The normalized spacial score (nSPS) is 13.8. The number of aromatic carboxylic acids is 1. The molecule has 5 rings (SSSR count). The fraction of sp³-hybridized carbons (Fsp3) is 0.440. The van der Waals surface area contributed by atoms with Gasteiger partial charge in [-0.05, 0) is 95.2 Å². The van der Waals surface area contributed by atoms with E-state index in [1.807, 2.05) is 44.2 Å². The molecule has 119 heavy (non-hydrogen) atoms. The summed E-state index contributed by atoms with van der Waals surface area (Å²) in [6.07, 6.45) is -4.36. The van der Waals surface area contributed by atoms with E-state index in [4.69, 9.17) is 51.0 Å². The first-order valence-corrected chi connectivity index (χ1v) is 45.8. The topological polar surface area (TPSA) is 634 Å². The molecule has 0 aliphatic carbocycles. The molecule has 5 aromatic rings. The Morgan fingerprint density at radius 1 is 0.403 bits per heavy atom. The molecule has 0 radical (unpaired) electrons. The van der Waals surface area contributed by atoms with Gasteiger partial charge in [-0.2, -0.15) is 4.89 Å². The molecule has 0 bridgehead atoms. The van der Waals surface area contributed by atoms with Gasteiger partial charge >= 0.3 is 80.0 Å². The van der Waals surface area contributed by atoms with Crippen molar-refractivity contribution in [3.05, 3.63) is 178 Å². The van der Waals surface area contributed by atoms with Crippen molar-refractivity contribution in [2.24, 2.45) is 11.5 Å². The lowest BCUT2D eigenvalue weighted by atomic mass is 10.1. The molecule has 0 fully saturated rings. The third-order valence-electron chi connectivity index (χ3n) is 15.7. The van der Waals surface area contributed by atoms with E-state index in [0.29, 0.717) is 11.1 Å². The maximum Gasteiger partial charge on any atom is 0.505 e. The van der Waals surface area contributed by atoms with Gasteiger partial charge in [0.25, 0.3) is 0 Å². The van der Waals surface area contributed by atoms with Gasteiger partial charge in [-0.25, -0.2) is 38.4 Å². The monoisotopic (exact) mass is 1780 g/mol. The zero-order valence-corrected chi connectivity index (χ0v) is 71.1. The zero-order chi connectivity index (χ0) is 90.3. The molecule has 0 aromatic heterocycles. The van der Waals surface area contributed by atoms with Crippen LogP contribution in [0.4, 0.5) is 14.4 Å². The van der Waals surface area contributed by atoms with Crippen molar-refractivity contribution in [3.8, 4) is 0 Å². The number of nitrogens with two attached hydrogens (primary N) is 2. The maximum absolute atomic E-state index is 12.7. The number of hydrogen-bond donors (Lipinski definition) is 14. The lowest BCUT2D eigenvalue weighted by Gasteiger charge is -2.18. The van der Waals surface area contributed by atoms with Crippen molar-refractivity contribution < 1.29 is 163 Å². The Bertz CT molecular complexity index is 4220. The number of amides is 3. The summed E-state index contributed by atoms with van der Waals surface area (Å²) in [4.78, 5) is 184. The van der Waals surface area contributed by atoms with Gasteiger partial charge in [0.2, 0.25) is 29.5 Å². The molecule has 5 unspecified atom stereocenters. The Morgan fingerprint density at radius 3 is 1.05 bits per heavy atom. The fourth-order valence-corrected chi connectivity index (χ4v) is 16.2. The first-order chi connectivity index (χ1) is 56.0. The maximum atomic E-state index is 12.7. The van der Waals surface area contributed by atoms with Crippen LogP contribution in [0, 0.1) is 0 Å². The number of rotatable bonds is 43. The van der Waals surface area contributed by atoms with E-state index in [0.717, 1.165) is 30.9 Å². The Balaban J connectivity index is 0.00000148. The van der Waals surface area contributed by atoms with Crippen LogP contribution in [0.5, 0.6) is 0 Å². The number of carboxylic acids is 4. The van der Waals surface area contributed by atoms with Crippen molar-refractivity contribution in [2.75, 3.05) is 78.7 Å². The van der Waals surface area contributed by atoms with Gasteiger partial charge in [0, 0.05) is 68.6 Å². The number of hydrogen-bond acceptors (Lipinski definition) is 27. The second-order valence-corrected chi connectivity index (χ2v) is 36.4. The summed E-state index contributed by atoms with van der Waals surface area (Å²) in [5, 5.41) is 41.3. The molecule has 0 spiro atoms. The van der Waals surface area contributed by atoms with Gasteiger partial charge in [0.15, 0.2) is 6.16 Å². The number of carbonyl (C=O) groups is 12. The molecule has 0 aliphatic heterocycles. The third kappa shape index (κ3) is 52.4. The van der Waals surface area contributed by atoms with Crippen LogP contribution in [0.3, 0.4) is 0 Å². The number of benzene rings is 5. The van der Waals surface area contributed by atoms with Crippen LogP contribution in [-0.2, 0) is 126 Å². The molecule has 16 N–H and O–H groups in total. The smallest absolute Gasteiger partial charge is 0.481 e. The molecular weight excluding hydrogens is 1670 g/mol. The largest absolute Gasteiger partial charge is 0.505 e. The third-order valence-corrected chi connectivity index (χ3v) is 23.9. The minimum Gasteiger partial charge on any atom is -0.481 e. The number of aliphatic carboxylic acids is 3. The van der Waals surface area contributed by atoms with Crippen LogP contribution >= 0.6 is 37.5 Å². The van der Waals surface area contributed by atoms with E-state index >= 15 is 0 Å². The van der Waals surface area contributed by atoms with Crippen molar-refractivity contribution in [2.45, 2.75) is 134 Å². The molecule has 660 valence electrons. The molecule has 0 aliphatic rings. The summed E-state index contributed by atoms with van der Waals surface area (Å²) in [5.74, 6) is -7.79. The van der Waals surface area contributed by atoms with E-state index in [1.165, 1.54) is 51.7 Å². The second kappa shape index (κ2) is 59.5. The number of carbonyl (C=O) groups excluding carboxylic acids is 8. The number of methoxy groups -OCH3 is 5. The highest BCUT2D eigenvalue weighted by molar-refractivity contribution is 7.58. The minimum absolute atomic E-state index is 0.00118. The van der Waals surface area contributed by atoms with E-state index in [-0.39, 0.29) is 144 Å². The molecule has 0 heterocycles. The van der Waals surface area contributed by atoms with Crippen LogP contribution in [0.2, 0.25) is 0 Å². The van der Waals surface area contributed by atoms with Gasteiger partial charge in [-0.1, -0.05) is 129 Å². The average molecular weight is 1780 g/mol. The summed E-state index contributed by atoms with van der Waals surface area (Å²) in [6.45, 7) is 4.09. The average Bonchev–Trinajstić information content (AvgIpc) is 0.858. The number of ether oxygens (including phenoxy) is 8. The highest BCUT2D eigenvalue weighted by atomic mass is 31.2. The number of carboxylic acid groups (broad SMARTS) is 4. The summed E-state index contributed by atoms with van der Waals surface area (Å²) in [6, 6.07) is 33.4. The zero-order valence-electron chi connectivity index (χ0n) is 66.6. The Morgan fingerprint density at radius 2 is 0.723 bits per heavy atom. The SMILES string of the molecule is CC.COC(=O)CCCP(=O)(O)CC[C@H](NC(=O)OCc1ccccc1)C(=O)OC.COC(=O)[C@H](CC[P+](=O)O)NC(=O)OCc1ccccc1.COC(=O)c1cccc(CP(=O)(O)CC[C@H](NC(=O)OCc2ccccc2)C(=O)OC)c1.N[C@@H](CCP(=O)(O)CCCC(=O)O)C(=O)O.N[C@@H](CCP(=O)(O)Cc1cccc(C(=O)O)c1)C(=O)O. The summed E-state index contributed by atoms with van der Waals surface area (Å²) < 4.78 is 97.0. The van der Waals surface area contributed by atoms with Crippen molar-refractivity contribution in [1.82, 2.24) is 16.0 Å². The predicted molar refractivity (Wildman–Crippen MR) is 432 cm³/mol. The number of esters is 5. The standard InChI is InChI=1S/C22H26NO8P.C18H26NO8P.C13H16NO6P.C12H16NO6P.C8H16NO6P.C2H6/c1-29-20(24)18-10-6-9-17(13-18)15-32(27,28)12-11-19(21(25)30-2)23-22(26)31-14-16-7-4-3-5-8-16;1-25-16(20)9-6-11-28(23,24)12-10-15(17(21)26-2)19-18(22)27-13-14-7-4-3-5-8-14;1-19-12(15)11(7-8-21(17)18)14-13(16)20-9-10-5-3-2-4-6-10;13-10(12(16)17)4-5-20(18,19)7-8-2-1-3-9(6-8)11(14)15;9-6(8(12)13)3-5-16(14,15)4-1-2-7(10)11;1-2/h3-10,13,19H,11-12,14-15H2,1-2H3,(H,23,26)(H,27,28);3-5,7-8,15H,6,9-13H2,1-2H3,(H,19,22)(H,23,24);2-6,11H,7-9H2,1H3,(H-,14,16,17,18);1-3,6,10H,4-5,7,13H2,(H,14,15)(H,16,17)(H,18,19);6H,1-5,9H2,(H,10,11)(H,12,13)(H,14,15);1-2H3/p+1/t19-;15-;11-;10-;6-;/m00000./s1. The quantitative estimate of drug-likeness (QED) is 0.00985. The Labute approximate surface area is 688 Å². The predicted octanol–water partition coefficient (Wildman–Crippen LogP) is 8.66. The molecule has 0 saturated carbocycles. The van der Waals surface area contributed by atoms with Gasteiger partial charge in [-0.3, -0.25) is 37.4 Å². The molecular formula is C75H107N5O34P5+.